The third kappa shape index (κ3) is 6.95. The van der Waals surface area contributed by atoms with Crippen LogP contribution in [0.25, 0.3) is 0 Å². The molecule has 110 valence electrons. The molecule has 0 unspecified atom stereocenters. The molecule has 0 saturated heterocycles. The van der Waals surface area contributed by atoms with Gasteiger partial charge in [-0.05, 0) is 37.4 Å². The lowest BCUT2D eigenvalue weighted by atomic mass is 10.3. The van der Waals surface area contributed by atoms with Crippen molar-refractivity contribution in [3.05, 3.63) is 0 Å². The van der Waals surface area contributed by atoms with Crippen molar-refractivity contribution in [3.8, 4) is 0 Å². The van der Waals surface area contributed by atoms with Crippen LogP contribution in [0.2, 0.25) is 18.1 Å². The van der Waals surface area contributed by atoms with Crippen LogP contribution < -0.4 is 0 Å². The molecular formula is C12H25N3O3Si. The summed E-state index contributed by atoms with van der Waals surface area (Å²) in [6.45, 7) is 5.84. The molecule has 0 atom stereocenters. The van der Waals surface area contributed by atoms with Crippen molar-refractivity contribution >= 4 is 25.9 Å². The van der Waals surface area contributed by atoms with Crippen LogP contribution in [0.3, 0.4) is 0 Å². The molecule has 19 heavy (non-hydrogen) atoms. The van der Waals surface area contributed by atoms with Gasteiger partial charge in [0.25, 0.3) is 0 Å². The minimum absolute atomic E-state index is 0.704. The van der Waals surface area contributed by atoms with E-state index in [0.717, 1.165) is 35.3 Å². The summed E-state index contributed by atoms with van der Waals surface area (Å²) in [5, 5.41) is 36.7. The highest BCUT2D eigenvalue weighted by atomic mass is 28.3. The van der Waals surface area contributed by atoms with Gasteiger partial charge >= 0.3 is 0 Å². The zero-order valence-electron chi connectivity index (χ0n) is 12.0. The fourth-order valence-electron chi connectivity index (χ4n) is 1.98. The van der Waals surface area contributed by atoms with Crippen LogP contribution in [0.5, 0.6) is 0 Å². The fraction of sp³-hybridized carbons (Fsp3) is 0.750. The smallest absolute Gasteiger partial charge is 0.0552 e. The van der Waals surface area contributed by atoms with Crippen molar-refractivity contribution in [2.24, 2.45) is 15.5 Å². The Kier molecular flexibility index (Phi) is 9.78. The number of rotatable bonds is 9. The molecule has 0 aromatic carbocycles. The van der Waals surface area contributed by atoms with Crippen LogP contribution in [0.15, 0.2) is 15.5 Å². The van der Waals surface area contributed by atoms with E-state index in [0.29, 0.717) is 19.3 Å². The Morgan fingerprint density at radius 2 is 0.947 bits per heavy atom. The maximum atomic E-state index is 8.92. The van der Waals surface area contributed by atoms with Gasteiger partial charge in [-0.1, -0.05) is 36.2 Å². The molecule has 0 aliphatic carbocycles. The second-order valence-corrected chi connectivity index (χ2v) is 7.49. The third-order valence-corrected chi connectivity index (χ3v) is 6.37. The van der Waals surface area contributed by atoms with Gasteiger partial charge in [0, 0.05) is 0 Å². The van der Waals surface area contributed by atoms with Crippen molar-refractivity contribution in [3.63, 3.8) is 0 Å². The van der Waals surface area contributed by atoms with Gasteiger partial charge in [-0.2, -0.15) is 0 Å². The second-order valence-electron chi connectivity index (χ2n) is 4.54. The minimum atomic E-state index is -1.39. The van der Waals surface area contributed by atoms with Gasteiger partial charge in [-0.3, -0.25) is 0 Å². The first-order valence-corrected chi connectivity index (χ1v) is 9.19. The van der Waals surface area contributed by atoms with E-state index in [1.807, 2.05) is 20.8 Å². The maximum Gasteiger partial charge on any atom is 0.0552 e. The van der Waals surface area contributed by atoms with E-state index in [1.165, 1.54) is 0 Å². The van der Waals surface area contributed by atoms with E-state index >= 15 is 0 Å². The van der Waals surface area contributed by atoms with Crippen molar-refractivity contribution in [2.45, 2.75) is 58.2 Å². The van der Waals surface area contributed by atoms with Crippen LogP contribution in [0, 0.1) is 0 Å². The fourth-order valence-corrected chi connectivity index (χ4v) is 5.53. The van der Waals surface area contributed by atoms with E-state index in [1.54, 1.807) is 0 Å². The van der Waals surface area contributed by atoms with E-state index < -0.39 is 8.80 Å². The van der Waals surface area contributed by atoms with Gasteiger partial charge in [0.15, 0.2) is 0 Å². The van der Waals surface area contributed by atoms with E-state index in [4.69, 9.17) is 15.6 Å². The molecule has 6 nitrogen and oxygen atoms in total. The van der Waals surface area contributed by atoms with E-state index in [-0.39, 0.29) is 0 Å². The Labute approximate surface area is 116 Å². The van der Waals surface area contributed by atoms with Gasteiger partial charge in [0.1, 0.15) is 0 Å². The Morgan fingerprint density at radius 1 is 0.684 bits per heavy atom. The zero-order valence-corrected chi connectivity index (χ0v) is 13.2. The van der Waals surface area contributed by atoms with E-state index in [9.17, 15) is 0 Å². The predicted molar refractivity (Wildman–Crippen MR) is 80.1 cm³/mol. The lowest BCUT2D eigenvalue weighted by molar-refractivity contribution is 0.317. The molecule has 0 rings (SSSR count). The Bertz CT molecular complexity index is 291. The molecule has 0 amide bonds. The monoisotopic (exact) mass is 287 g/mol. The molecule has 0 aliphatic heterocycles. The topological polar surface area (TPSA) is 97.8 Å². The standard InChI is InChI=1S/C12H25N3O3Si/c1-4-10(13-16)7-19(8-11(5-2)14-17)9-12(6-3)15-18/h16-19H,4-9H2,1-3H3. The van der Waals surface area contributed by atoms with Crippen LogP contribution in [0.4, 0.5) is 0 Å². The van der Waals surface area contributed by atoms with Crippen molar-refractivity contribution < 1.29 is 15.6 Å². The largest absolute Gasteiger partial charge is 0.411 e. The highest BCUT2D eigenvalue weighted by Gasteiger charge is 2.19. The molecule has 0 fully saturated rings. The van der Waals surface area contributed by atoms with Gasteiger partial charge in [-0.25, -0.2) is 0 Å². The summed E-state index contributed by atoms with van der Waals surface area (Å²) >= 11 is 0. The number of hydrogen-bond donors (Lipinski definition) is 3. The maximum absolute atomic E-state index is 8.92. The molecule has 0 aromatic heterocycles. The molecule has 0 aromatic rings. The summed E-state index contributed by atoms with van der Waals surface area (Å²) in [5.74, 6) is 0. The lowest BCUT2D eigenvalue weighted by Crippen LogP contribution is -2.24. The summed E-state index contributed by atoms with van der Waals surface area (Å²) in [4.78, 5) is 0. The molecule has 0 spiro atoms. The first-order valence-electron chi connectivity index (χ1n) is 6.74. The second kappa shape index (κ2) is 10.5. The lowest BCUT2D eigenvalue weighted by Gasteiger charge is -2.16. The highest BCUT2D eigenvalue weighted by molar-refractivity contribution is 6.69. The van der Waals surface area contributed by atoms with Crippen LogP contribution >= 0.6 is 0 Å². The van der Waals surface area contributed by atoms with Crippen LogP contribution in [-0.2, 0) is 0 Å². The molecule has 7 heteroatoms. The molecule has 0 saturated carbocycles. The molecule has 0 bridgehead atoms. The van der Waals surface area contributed by atoms with Crippen molar-refractivity contribution in [2.75, 3.05) is 0 Å². The molecule has 0 radical (unpaired) electrons. The first-order chi connectivity index (χ1) is 9.14. The average molecular weight is 287 g/mol. The Morgan fingerprint density at radius 3 is 1.11 bits per heavy atom. The number of oxime groups is 3. The Hall–Kier alpha value is -1.37. The van der Waals surface area contributed by atoms with Crippen LogP contribution in [-0.4, -0.2) is 41.6 Å². The van der Waals surface area contributed by atoms with Gasteiger partial charge in [0.05, 0.1) is 25.9 Å². The molecule has 0 aliphatic rings. The SMILES string of the molecule is CCC(C[SiH](CC(CC)=NO)CC(CC)=NO)=NO. The summed E-state index contributed by atoms with van der Waals surface area (Å²) < 4.78 is 0. The average Bonchev–Trinajstić information content (AvgIpc) is 2.46. The van der Waals surface area contributed by atoms with Gasteiger partial charge < -0.3 is 15.6 Å². The summed E-state index contributed by atoms with van der Waals surface area (Å²) in [7, 11) is -1.39. The quantitative estimate of drug-likeness (QED) is 0.263. The molecule has 0 heterocycles. The zero-order chi connectivity index (χ0) is 14.7. The molecule has 3 N–H and O–H groups in total. The highest BCUT2D eigenvalue weighted by Crippen LogP contribution is 2.14. The third-order valence-electron chi connectivity index (χ3n) is 3.22. The minimum Gasteiger partial charge on any atom is -0.411 e. The summed E-state index contributed by atoms with van der Waals surface area (Å²) in [6, 6.07) is 2.22. The summed E-state index contributed by atoms with van der Waals surface area (Å²) in [6.07, 6.45) is 2.11. The predicted octanol–water partition coefficient (Wildman–Crippen LogP) is 2.93. The summed E-state index contributed by atoms with van der Waals surface area (Å²) in [5.41, 5.74) is 2.29. The van der Waals surface area contributed by atoms with E-state index in [2.05, 4.69) is 15.5 Å². The number of nitrogens with zero attached hydrogens (tertiary/aromatic N) is 3. The van der Waals surface area contributed by atoms with Crippen molar-refractivity contribution in [1.29, 1.82) is 0 Å². The Balaban J connectivity index is 4.82. The first kappa shape index (κ1) is 17.6. The van der Waals surface area contributed by atoms with Crippen LogP contribution in [0.1, 0.15) is 40.0 Å². The van der Waals surface area contributed by atoms with Crippen molar-refractivity contribution in [1.82, 2.24) is 0 Å². The number of hydrogen-bond acceptors (Lipinski definition) is 6. The van der Waals surface area contributed by atoms with Gasteiger partial charge in [-0.15, -0.1) is 0 Å². The van der Waals surface area contributed by atoms with Gasteiger partial charge in [0.2, 0.25) is 0 Å². The normalized spacial score (nSPS) is 15.6. The molecular weight excluding hydrogens is 262 g/mol.